The van der Waals surface area contributed by atoms with Gasteiger partial charge < -0.3 is 10.1 Å². The van der Waals surface area contributed by atoms with Crippen LogP contribution in [0.3, 0.4) is 0 Å². The second-order valence-electron chi connectivity index (χ2n) is 4.85. The van der Waals surface area contributed by atoms with Gasteiger partial charge in [0.15, 0.2) is 6.61 Å². The van der Waals surface area contributed by atoms with Crippen molar-refractivity contribution < 1.29 is 18.8 Å². The van der Waals surface area contributed by atoms with E-state index in [2.05, 4.69) is 5.32 Å². The summed E-state index contributed by atoms with van der Waals surface area (Å²) in [5.74, 6) is -0.639. The molecule has 2 aromatic rings. The largest absolute Gasteiger partial charge is 0.484 e. The first-order valence-corrected chi connectivity index (χ1v) is 6.88. The van der Waals surface area contributed by atoms with E-state index in [0.29, 0.717) is 5.56 Å². The van der Waals surface area contributed by atoms with Crippen LogP contribution in [0, 0.1) is 15.9 Å². The van der Waals surface area contributed by atoms with E-state index in [9.17, 15) is 19.3 Å². The van der Waals surface area contributed by atoms with Crippen LogP contribution in [0.1, 0.15) is 18.5 Å². The maximum atomic E-state index is 13.6. The van der Waals surface area contributed by atoms with Gasteiger partial charge >= 0.3 is 0 Å². The van der Waals surface area contributed by atoms with Gasteiger partial charge in [0.05, 0.1) is 17.0 Å². The Morgan fingerprint density at radius 1 is 1.30 bits per heavy atom. The average Bonchev–Trinajstić information content (AvgIpc) is 2.53. The Labute approximate surface area is 132 Å². The minimum Gasteiger partial charge on any atom is -0.484 e. The van der Waals surface area contributed by atoms with Gasteiger partial charge in [0, 0.05) is 11.6 Å². The van der Waals surface area contributed by atoms with Crippen molar-refractivity contribution in [1.82, 2.24) is 5.32 Å². The van der Waals surface area contributed by atoms with Gasteiger partial charge in [-0.1, -0.05) is 24.3 Å². The van der Waals surface area contributed by atoms with Crippen LogP contribution >= 0.6 is 0 Å². The van der Waals surface area contributed by atoms with Crippen molar-refractivity contribution in [3.05, 3.63) is 70.0 Å². The van der Waals surface area contributed by atoms with E-state index in [1.807, 2.05) is 0 Å². The SMILES string of the molecule is CC(NC(=O)COc1cccc([N+](=O)[O-])c1)c1ccccc1F. The Kier molecular flexibility index (Phi) is 5.24. The van der Waals surface area contributed by atoms with E-state index in [-0.39, 0.29) is 18.0 Å². The maximum Gasteiger partial charge on any atom is 0.273 e. The van der Waals surface area contributed by atoms with E-state index < -0.39 is 22.7 Å². The highest BCUT2D eigenvalue weighted by Crippen LogP contribution is 2.19. The minimum absolute atomic E-state index is 0.123. The van der Waals surface area contributed by atoms with Crippen LogP contribution in [-0.4, -0.2) is 17.4 Å². The Bertz CT molecular complexity index is 721. The third kappa shape index (κ3) is 4.50. The number of amides is 1. The molecule has 2 rings (SSSR count). The molecule has 0 aliphatic heterocycles. The van der Waals surface area contributed by atoms with Crippen molar-refractivity contribution >= 4 is 11.6 Å². The van der Waals surface area contributed by atoms with E-state index in [0.717, 1.165) is 0 Å². The molecule has 0 aromatic heterocycles. The lowest BCUT2D eigenvalue weighted by Crippen LogP contribution is -2.31. The molecule has 120 valence electrons. The summed E-state index contributed by atoms with van der Waals surface area (Å²) < 4.78 is 18.8. The minimum atomic E-state index is -0.548. The van der Waals surface area contributed by atoms with Gasteiger partial charge in [-0.2, -0.15) is 0 Å². The van der Waals surface area contributed by atoms with Gasteiger partial charge in [-0.25, -0.2) is 4.39 Å². The van der Waals surface area contributed by atoms with Gasteiger partial charge in [0.1, 0.15) is 11.6 Å². The van der Waals surface area contributed by atoms with Crippen LogP contribution < -0.4 is 10.1 Å². The van der Waals surface area contributed by atoms with Gasteiger partial charge in [0.25, 0.3) is 11.6 Å². The highest BCUT2D eigenvalue weighted by molar-refractivity contribution is 5.78. The molecular weight excluding hydrogens is 303 g/mol. The van der Waals surface area contributed by atoms with Crippen LogP contribution in [0.25, 0.3) is 0 Å². The summed E-state index contributed by atoms with van der Waals surface area (Å²) in [5, 5.41) is 13.3. The molecule has 0 saturated heterocycles. The molecule has 6 nitrogen and oxygen atoms in total. The second-order valence-corrected chi connectivity index (χ2v) is 4.85. The number of benzene rings is 2. The summed E-state index contributed by atoms with van der Waals surface area (Å²) in [7, 11) is 0. The number of non-ortho nitro benzene ring substituents is 1. The van der Waals surface area contributed by atoms with Crippen molar-refractivity contribution in [3.63, 3.8) is 0 Å². The second kappa shape index (κ2) is 7.35. The molecule has 1 N–H and O–H groups in total. The van der Waals surface area contributed by atoms with Crippen molar-refractivity contribution in [2.24, 2.45) is 0 Å². The van der Waals surface area contributed by atoms with E-state index in [1.54, 1.807) is 25.1 Å². The number of halogens is 1. The van der Waals surface area contributed by atoms with E-state index in [4.69, 9.17) is 4.74 Å². The molecule has 0 fully saturated rings. The van der Waals surface area contributed by atoms with Gasteiger partial charge in [-0.15, -0.1) is 0 Å². The maximum absolute atomic E-state index is 13.6. The fraction of sp³-hybridized carbons (Fsp3) is 0.188. The number of nitrogens with zero attached hydrogens (tertiary/aromatic N) is 1. The van der Waals surface area contributed by atoms with Gasteiger partial charge in [-0.3, -0.25) is 14.9 Å². The fourth-order valence-electron chi connectivity index (χ4n) is 2.02. The zero-order valence-electron chi connectivity index (χ0n) is 12.4. The normalized spacial score (nSPS) is 11.6. The standard InChI is InChI=1S/C16H15FN2O4/c1-11(14-7-2-3-8-15(14)17)18-16(20)10-23-13-6-4-5-12(9-13)19(21)22/h2-9,11H,10H2,1H3,(H,18,20). The Balaban J connectivity index is 1.91. The molecule has 1 amide bonds. The zero-order valence-corrected chi connectivity index (χ0v) is 12.4. The topological polar surface area (TPSA) is 81.5 Å². The summed E-state index contributed by atoms with van der Waals surface area (Å²) in [5.41, 5.74) is 0.249. The van der Waals surface area contributed by atoms with E-state index in [1.165, 1.54) is 30.3 Å². The lowest BCUT2D eigenvalue weighted by Gasteiger charge is -2.15. The van der Waals surface area contributed by atoms with E-state index >= 15 is 0 Å². The molecule has 7 heteroatoms. The van der Waals surface area contributed by atoms with Crippen molar-refractivity contribution in [3.8, 4) is 5.75 Å². The van der Waals surface area contributed by atoms with Crippen LogP contribution in [0.5, 0.6) is 5.75 Å². The molecule has 0 bridgehead atoms. The number of nitro groups is 1. The predicted molar refractivity (Wildman–Crippen MR) is 81.5 cm³/mol. The lowest BCUT2D eigenvalue weighted by atomic mass is 10.1. The molecule has 0 radical (unpaired) electrons. The number of nitro benzene ring substituents is 1. The highest BCUT2D eigenvalue weighted by Gasteiger charge is 2.14. The molecule has 1 unspecified atom stereocenters. The lowest BCUT2D eigenvalue weighted by molar-refractivity contribution is -0.384. The first-order chi connectivity index (χ1) is 11.0. The third-order valence-electron chi connectivity index (χ3n) is 3.15. The third-order valence-corrected chi connectivity index (χ3v) is 3.15. The highest BCUT2D eigenvalue weighted by atomic mass is 19.1. The monoisotopic (exact) mass is 318 g/mol. The average molecular weight is 318 g/mol. The number of rotatable bonds is 6. The Hall–Kier alpha value is -2.96. The molecule has 0 aliphatic rings. The summed E-state index contributed by atoms with van der Waals surface area (Å²) in [4.78, 5) is 22.0. The Morgan fingerprint density at radius 3 is 2.74 bits per heavy atom. The molecule has 23 heavy (non-hydrogen) atoms. The van der Waals surface area contributed by atoms with Crippen LogP contribution in [0.4, 0.5) is 10.1 Å². The predicted octanol–water partition coefficient (Wildman–Crippen LogP) is 2.99. The Morgan fingerprint density at radius 2 is 2.04 bits per heavy atom. The zero-order chi connectivity index (χ0) is 16.8. The molecular formula is C16H15FN2O4. The summed E-state index contributed by atoms with van der Waals surface area (Å²) >= 11 is 0. The smallest absolute Gasteiger partial charge is 0.273 e. The molecule has 0 saturated carbocycles. The number of ether oxygens (including phenoxy) is 1. The van der Waals surface area contributed by atoms with Gasteiger partial charge in [-0.05, 0) is 19.1 Å². The van der Waals surface area contributed by atoms with Crippen molar-refractivity contribution in [1.29, 1.82) is 0 Å². The molecule has 1 atom stereocenters. The molecule has 0 aliphatic carbocycles. The molecule has 0 spiro atoms. The number of hydrogen-bond donors (Lipinski definition) is 1. The number of carbonyl (C=O) groups is 1. The van der Waals surface area contributed by atoms with Crippen LogP contribution in [-0.2, 0) is 4.79 Å². The first-order valence-electron chi connectivity index (χ1n) is 6.88. The number of carbonyl (C=O) groups excluding carboxylic acids is 1. The fourth-order valence-corrected chi connectivity index (χ4v) is 2.02. The van der Waals surface area contributed by atoms with Crippen LogP contribution in [0.15, 0.2) is 48.5 Å². The first kappa shape index (κ1) is 16.4. The summed E-state index contributed by atoms with van der Waals surface area (Å²) in [6, 6.07) is 11.2. The number of hydrogen-bond acceptors (Lipinski definition) is 4. The van der Waals surface area contributed by atoms with Crippen molar-refractivity contribution in [2.45, 2.75) is 13.0 Å². The molecule has 2 aromatic carbocycles. The van der Waals surface area contributed by atoms with Gasteiger partial charge in [0.2, 0.25) is 0 Å². The van der Waals surface area contributed by atoms with Crippen LogP contribution in [0.2, 0.25) is 0 Å². The summed E-state index contributed by atoms with van der Waals surface area (Å²) in [6.45, 7) is 1.34. The summed E-state index contributed by atoms with van der Waals surface area (Å²) in [6.07, 6.45) is 0. The quantitative estimate of drug-likeness (QED) is 0.656. The molecule has 0 heterocycles. The van der Waals surface area contributed by atoms with Crippen molar-refractivity contribution in [2.75, 3.05) is 6.61 Å². The number of nitrogens with one attached hydrogen (secondary N) is 1.